The van der Waals surface area contributed by atoms with Crippen molar-refractivity contribution in [2.24, 2.45) is 9.98 Å². The third kappa shape index (κ3) is 4.31. The largest absolute Gasteiger partial charge is 0.460 e. The second kappa shape index (κ2) is 10.4. The first-order chi connectivity index (χ1) is 21.3. The molecule has 4 nitrogen and oxygen atoms in total. The van der Waals surface area contributed by atoms with Gasteiger partial charge in [-0.1, -0.05) is 97.1 Å². The lowest BCUT2D eigenvalue weighted by Gasteiger charge is -2.16. The zero-order chi connectivity index (χ0) is 28.8. The normalized spacial score (nSPS) is 13.9. The average molecular weight is 557 g/mol. The molecule has 0 unspecified atom stereocenters. The molecule has 0 spiro atoms. The molecule has 0 aliphatic heterocycles. The maximum atomic E-state index is 6.48. The van der Waals surface area contributed by atoms with Gasteiger partial charge in [-0.2, -0.15) is 0 Å². The molecule has 4 heteroatoms. The fourth-order valence-electron chi connectivity index (χ4n) is 6.27. The molecule has 2 heterocycles. The van der Waals surface area contributed by atoms with Gasteiger partial charge in [0.2, 0.25) is 0 Å². The third-order valence-electron chi connectivity index (χ3n) is 8.23. The Hall–Kier alpha value is -5.48. The van der Waals surface area contributed by atoms with E-state index >= 15 is 0 Å². The lowest BCUT2D eigenvalue weighted by atomic mass is 9.89. The van der Waals surface area contributed by atoms with Crippen LogP contribution in [-0.4, -0.2) is 18.6 Å². The SMILES string of the molecule is CN=C(N=C(c1ccccc1)c1ccc2oc3ccccc3c2c1)C1=CCCc2oc3cccc(-c4ccccc4)c3c21. The average Bonchev–Trinajstić information content (AvgIpc) is 3.64. The van der Waals surface area contributed by atoms with E-state index in [0.29, 0.717) is 5.84 Å². The standard InChI is InChI=1S/C39H28N2O2/c1-40-39(30-18-11-21-35-37(30)36-28(17-10-20-34(36)43-35)25-12-4-2-5-13-25)41-38(26-14-6-3-7-15-26)27-22-23-33-31(24-27)29-16-8-9-19-32(29)42-33/h2-10,12-20,22-24H,11,21H2,1H3. The summed E-state index contributed by atoms with van der Waals surface area (Å²) in [4.78, 5) is 10.1. The van der Waals surface area contributed by atoms with E-state index in [1.54, 1.807) is 0 Å². The number of aryl methyl sites for hydroxylation is 1. The van der Waals surface area contributed by atoms with Crippen molar-refractivity contribution < 1.29 is 8.83 Å². The van der Waals surface area contributed by atoms with E-state index in [2.05, 4.69) is 78.9 Å². The summed E-state index contributed by atoms with van der Waals surface area (Å²) in [6, 6.07) is 41.6. The quantitative estimate of drug-likeness (QED) is 0.160. The van der Waals surface area contributed by atoms with Crippen LogP contribution in [0.4, 0.5) is 0 Å². The Kier molecular flexibility index (Phi) is 6.11. The van der Waals surface area contributed by atoms with Gasteiger partial charge in [-0.3, -0.25) is 4.99 Å². The summed E-state index contributed by atoms with van der Waals surface area (Å²) >= 11 is 0. The van der Waals surface area contributed by atoms with Gasteiger partial charge in [0.05, 0.1) is 5.71 Å². The number of hydrogen-bond acceptors (Lipinski definition) is 3. The Labute approximate surface area is 249 Å². The van der Waals surface area contributed by atoms with Gasteiger partial charge < -0.3 is 8.83 Å². The Morgan fingerprint density at radius 3 is 2.23 bits per heavy atom. The lowest BCUT2D eigenvalue weighted by molar-refractivity contribution is 0.546. The van der Waals surface area contributed by atoms with E-state index in [1.165, 1.54) is 0 Å². The number of rotatable bonds is 4. The number of furan rings is 2. The minimum Gasteiger partial charge on any atom is -0.460 e. The number of allylic oxidation sites excluding steroid dienone is 1. The smallest absolute Gasteiger partial charge is 0.155 e. The van der Waals surface area contributed by atoms with E-state index < -0.39 is 0 Å². The van der Waals surface area contributed by atoms with Crippen LogP contribution >= 0.6 is 0 Å². The van der Waals surface area contributed by atoms with E-state index in [4.69, 9.17) is 18.8 Å². The second-order valence-electron chi connectivity index (χ2n) is 10.8. The summed E-state index contributed by atoms with van der Waals surface area (Å²) < 4.78 is 12.6. The highest BCUT2D eigenvalue weighted by atomic mass is 16.3. The molecule has 0 amide bonds. The molecule has 206 valence electrons. The number of fused-ring (bicyclic) bond motifs is 6. The summed E-state index contributed by atoms with van der Waals surface area (Å²) in [5, 5.41) is 3.27. The molecule has 1 aliphatic rings. The van der Waals surface area contributed by atoms with Crippen molar-refractivity contribution in [2.75, 3.05) is 7.05 Å². The van der Waals surface area contributed by atoms with Crippen molar-refractivity contribution in [3.05, 3.63) is 150 Å². The van der Waals surface area contributed by atoms with Crippen LogP contribution in [0.2, 0.25) is 0 Å². The van der Waals surface area contributed by atoms with Gasteiger partial charge in [0.1, 0.15) is 22.5 Å². The van der Waals surface area contributed by atoms with E-state index in [9.17, 15) is 0 Å². The summed E-state index contributed by atoms with van der Waals surface area (Å²) in [5.41, 5.74) is 9.92. The van der Waals surface area contributed by atoms with Crippen LogP contribution in [-0.2, 0) is 6.42 Å². The zero-order valence-corrected chi connectivity index (χ0v) is 23.7. The molecule has 0 radical (unpaired) electrons. The van der Waals surface area contributed by atoms with Gasteiger partial charge in [0, 0.05) is 51.9 Å². The molecule has 0 fully saturated rings. The summed E-state index contributed by atoms with van der Waals surface area (Å²) in [7, 11) is 1.82. The minimum atomic E-state index is 0.683. The van der Waals surface area contributed by atoms with Crippen molar-refractivity contribution in [2.45, 2.75) is 12.8 Å². The Morgan fingerprint density at radius 1 is 0.651 bits per heavy atom. The molecule has 1 aliphatic carbocycles. The summed E-state index contributed by atoms with van der Waals surface area (Å²) in [6.07, 6.45) is 3.98. The van der Waals surface area contributed by atoms with Gasteiger partial charge in [0.25, 0.3) is 0 Å². The first-order valence-electron chi connectivity index (χ1n) is 14.6. The summed E-state index contributed by atoms with van der Waals surface area (Å²) in [5.74, 6) is 1.67. The topological polar surface area (TPSA) is 51.0 Å². The molecular formula is C39H28N2O2. The Bertz CT molecular complexity index is 2230. The van der Waals surface area contributed by atoms with Crippen molar-refractivity contribution in [3.8, 4) is 11.1 Å². The molecule has 2 aromatic heterocycles. The fourth-order valence-corrected chi connectivity index (χ4v) is 6.27. The van der Waals surface area contributed by atoms with Crippen LogP contribution in [0.25, 0.3) is 49.6 Å². The number of nitrogens with zero attached hydrogens (tertiary/aromatic N) is 2. The van der Waals surface area contributed by atoms with Crippen LogP contribution in [0.3, 0.4) is 0 Å². The molecule has 0 saturated heterocycles. The highest BCUT2D eigenvalue weighted by Gasteiger charge is 2.26. The highest BCUT2D eigenvalue weighted by Crippen LogP contribution is 2.42. The lowest BCUT2D eigenvalue weighted by Crippen LogP contribution is -2.11. The number of para-hydroxylation sites is 1. The Balaban J connectivity index is 1.32. The number of aliphatic imine (C=N–C) groups is 2. The van der Waals surface area contributed by atoms with Gasteiger partial charge in [-0.15, -0.1) is 0 Å². The molecule has 0 bridgehead atoms. The molecule has 0 N–H and O–H groups in total. The van der Waals surface area contributed by atoms with Crippen molar-refractivity contribution in [1.29, 1.82) is 0 Å². The highest BCUT2D eigenvalue weighted by molar-refractivity contribution is 6.32. The zero-order valence-electron chi connectivity index (χ0n) is 23.7. The Morgan fingerprint density at radius 2 is 1.40 bits per heavy atom. The van der Waals surface area contributed by atoms with Crippen molar-refractivity contribution >= 4 is 50.0 Å². The third-order valence-corrected chi connectivity index (χ3v) is 8.23. The molecule has 0 saturated carbocycles. The van der Waals surface area contributed by atoms with Crippen molar-refractivity contribution in [1.82, 2.24) is 0 Å². The van der Waals surface area contributed by atoms with E-state index in [-0.39, 0.29) is 0 Å². The summed E-state index contributed by atoms with van der Waals surface area (Å²) in [6.45, 7) is 0. The van der Waals surface area contributed by atoms with Gasteiger partial charge in [-0.25, -0.2) is 4.99 Å². The molecule has 0 atom stereocenters. The number of benzene rings is 5. The van der Waals surface area contributed by atoms with E-state index in [0.717, 1.165) is 90.6 Å². The predicted octanol–water partition coefficient (Wildman–Crippen LogP) is 9.89. The second-order valence-corrected chi connectivity index (χ2v) is 10.8. The number of amidine groups is 1. The van der Waals surface area contributed by atoms with Crippen LogP contribution in [0.5, 0.6) is 0 Å². The first kappa shape index (κ1) is 25.2. The van der Waals surface area contributed by atoms with Crippen LogP contribution in [0.15, 0.2) is 146 Å². The van der Waals surface area contributed by atoms with Gasteiger partial charge >= 0.3 is 0 Å². The van der Waals surface area contributed by atoms with Crippen molar-refractivity contribution in [3.63, 3.8) is 0 Å². The molecule has 8 rings (SSSR count). The van der Waals surface area contributed by atoms with Crippen LogP contribution in [0, 0.1) is 0 Å². The molecule has 7 aromatic rings. The van der Waals surface area contributed by atoms with Crippen LogP contribution in [0.1, 0.15) is 28.9 Å². The molecule has 5 aromatic carbocycles. The fraction of sp³-hybridized carbons (Fsp3) is 0.0769. The van der Waals surface area contributed by atoms with Crippen LogP contribution < -0.4 is 0 Å². The predicted molar refractivity (Wildman–Crippen MR) is 177 cm³/mol. The molecule has 43 heavy (non-hydrogen) atoms. The maximum absolute atomic E-state index is 6.48. The van der Waals surface area contributed by atoms with Gasteiger partial charge in [-0.05, 0) is 47.9 Å². The first-order valence-corrected chi connectivity index (χ1v) is 14.6. The number of hydrogen-bond donors (Lipinski definition) is 0. The van der Waals surface area contributed by atoms with E-state index in [1.807, 2.05) is 55.6 Å². The minimum absolute atomic E-state index is 0.683. The maximum Gasteiger partial charge on any atom is 0.155 e. The molecular weight excluding hydrogens is 528 g/mol. The van der Waals surface area contributed by atoms with Gasteiger partial charge in [0.15, 0.2) is 5.84 Å². The monoisotopic (exact) mass is 556 g/mol.